The summed E-state index contributed by atoms with van der Waals surface area (Å²) in [7, 11) is 0. The van der Waals surface area contributed by atoms with Crippen LogP contribution in [0, 0.1) is 6.01 Å². The van der Waals surface area contributed by atoms with E-state index in [9.17, 15) is 4.39 Å². The third kappa shape index (κ3) is 2.37. The molecule has 1 aromatic heterocycles. The fourth-order valence-electron chi connectivity index (χ4n) is 2.12. The molecule has 1 aliphatic heterocycles. The van der Waals surface area contributed by atoms with Gasteiger partial charge < -0.3 is 14.6 Å². The minimum absolute atomic E-state index is 0. The Hall–Kier alpha value is -1.26. The molecule has 2 heterocycles. The third-order valence-corrected chi connectivity index (χ3v) is 2.95. The summed E-state index contributed by atoms with van der Waals surface area (Å²) >= 11 is 0. The molecule has 0 saturated carbocycles. The molecule has 1 aliphatic rings. The van der Waals surface area contributed by atoms with Crippen LogP contribution in [-0.4, -0.2) is 26.2 Å². The van der Waals surface area contributed by atoms with Gasteiger partial charge in [0.1, 0.15) is 5.58 Å². The normalized spacial score (nSPS) is 15.9. The maximum Gasteiger partial charge on any atom is 0.278 e. The van der Waals surface area contributed by atoms with Gasteiger partial charge in [-0.2, -0.15) is 4.39 Å². The van der Waals surface area contributed by atoms with Crippen LogP contribution in [-0.2, 0) is 0 Å². The summed E-state index contributed by atoms with van der Waals surface area (Å²) < 4.78 is 17.8. The first kappa shape index (κ1) is 12.2. The van der Waals surface area contributed by atoms with Crippen molar-refractivity contribution in [2.75, 3.05) is 31.1 Å². The van der Waals surface area contributed by atoms with E-state index in [4.69, 9.17) is 4.42 Å². The minimum atomic E-state index is -0.521. The largest absolute Gasteiger partial charge is 0.431 e. The molecule has 0 unspecified atom stereocenters. The number of rotatable bonds is 1. The average Bonchev–Trinajstić information content (AvgIpc) is 2.69. The van der Waals surface area contributed by atoms with Crippen molar-refractivity contribution in [2.24, 2.45) is 0 Å². The second-order valence-corrected chi connectivity index (χ2v) is 4.01. The van der Waals surface area contributed by atoms with Crippen molar-refractivity contribution in [3.05, 3.63) is 30.3 Å². The van der Waals surface area contributed by atoms with Gasteiger partial charge in [0, 0.05) is 43.3 Å². The van der Waals surface area contributed by atoms with Gasteiger partial charge in [0.15, 0.2) is 0 Å². The second kappa shape index (κ2) is 4.94. The Labute approximate surface area is 105 Å². The Balaban J connectivity index is 0.00000108. The lowest BCUT2D eigenvalue weighted by atomic mass is 10.2. The number of nitrogens with zero attached hydrogens (tertiary/aromatic N) is 1. The lowest BCUT2D eigenvalue weighted by molar-refractivity contribution is 0.381. The number of furan rings is 1. The highest BCUT2D eigenvalue weighted by atomic mass is 35.5. The highest BCUT2D eigenvalue weighted by molar-refractivity contribution is 5.85. The molecule has 17 heavy (non-hydrogen) atoms. The molecule has 0 bridgehead atoms. The first-order valence-corrected chi connectivity index (χ1v) is 5.48. The van der Waals surface area contributed by atoms with E-state index >= 15 is 0 Å². The summed E-state index contributed by atoms with van der Waals surface area (Å²) in [5.74, 6) is 0. The summed E-state index contributed by atoms with van der Waals surface area (Å²) in [5, 5.41) is 4.13. The summed E-state index contributed by atoms with van der Waals surface area (Å²) in [6, 6.07) is 6.70. The van der Waals surface area contributed by atoms with E-state index in [0.29, 0.717) is 5.58 Å². The molecule has 0 amide bonds. The number of piperazine rings is 1. The van der Waals surface area contributed by atoms with Crippen LogP contribution in [0.5, 0.6) is 0 Å². The van der Waals surface area contributed by atoms with Crippen molar-refractivity contribution in [2.45, 2.75) is 0 Å². The standard InChI is InChI=1S/C12H13FN2O.ClH/c13-12-8-9-7-10(1-2-11(9)16-12)15-5-3-14-4-6-15;/h1-2,7-8,14H,3-6H2;1H. The fourth-order valence-corrected chi connectivity index (χ4v) is 2.12. The third-order valence-electron chi connectivity index (χ3n) is 2.95. The lowest BCUT2D eigenvalue weighted by Gasteiger charge is -2.29. The van der Waals surface area contributed by atoms with Crippen molar-refractivity contribution in [1.29, 1.82) is 0 Å². The maximum atomic E-state index is 12.9. The molecular weight excluding hydrogens is 243 g/mol. The number of anilines is 1. The van der Waals surface area contributed by atoms with Crippen LogP contribution in [0.2, 0.25) is 0 Å². The van der Waals surface area contributed by atoms with Crippen molar-refractivity contribution >= 4 is 29.1 Å². The number of hydrogen-bond acceptors (Lipinski definition) is 3. The van der Waals surface area contributed by atoms with Gasteiger partial charge in [-0.05, 0) is 18.2 Å². The van der Waals surface area contributed by atoms with E-state index in [1.165, 1.54) is 6.07 Å². The zero-order valence-electron chi connectivity index (χ0n) is 9.28. The molecule has 1 aromatic carbocycles. The Morgan fingerprint density at radius 3 is 2.71 bits per heavy atom. The first-order valence-electron chi connectivity index (χ1n) is 5.48. The Morgan fingerprint density at radius 2 is 1.94 bits per heavy atom. The number of halogens is 2. The molecule has 3 nitrogen and oxygen atoms in total. The molecule has 92 valence electrons. The molecule has 0 spiro atoms. The maximum absolute atomic E-state index is 12.9. The van der Waals surface area contributed by atoms with E-state index in [1.54, 1.807) is 0 Å². The quantitative estimate of drug-likeness (QED) is 0.849. The van der Waals surface area contributed by atoms with Gasteiger partial charge >= 0.3 is 0 Å². The fraction of sp³-hybridized carbons (Fsp3) is 0.333. The zero-order valence-corrected chi connectivity index (χ0v) is 10.1. The van der Waals surface area contributed by atoms with E-state index < -0.39 is 6.01 Å². The molecular formula is C12H14ClFN2O. The minimum Gasteiger partial charge on any atom is -0.431 e. The first-order chi connectivity index (χ1) is 7.83. The van der Waals surface area contributed by atoms with Crippen LogP contribution in [0.15, 0.2) is 28.7 Å². The molecule has 1 N–H and O–H groups in total. The van der Waals surface area contributed by atoms with Gasteiger partial charge in [-0.3, -0.25) is 0 Å². The molecule has 3 rings (SSSR count). The smallest absolute Gasteiger partial charge is 0.278 e. The molecule has 5 heteroatoms. The Morgan fingerprint density at radius 1 is 1.18 bits per heavy atom. The molecule has 0 radical (unpaired) electrons. The number of benzene rings is 1. The monoisotopic (exact) mass is 256 g/mol. The van der Waals surface area contributed by atoms with Crippen molar-refractivity contribution < 1.29 is 8.81 Å². The van der Waals surface area contributed by atoms with Crippen molar-refractivity contribution in [3.8, 4) is 0 Å². The molecule has 1 saturated heterocycles. The van der Waals surface area contributed by atoms with Gasteiger partial charge in [0.2, 0.25) is 0 Å². The summed E-state index contributed by atoms with van der Waals surface area (Å²) in [6.45, 7) is 3.98. The van der Waals surface area contributed by atoms with Gasteiger partial charge in [-0.15, -0.1) is 12.4 Å². The number of nitrogens with one attached hydrogen (secondary N) is 1. The average molecular weight is 257 g/mol. The molecule has 0 aliphatic carbocycles. The van der Waals surface area contributed by atoms with Crippen LogP contribution >= 0.6 is 12.4 Å². The van der Waals surface area contributed by atoms with Crippen molar-refractivity contribution in [1.82, 2.24) is 5.32 Å². The van der Waals surface area contributed by atoms with Crippen LogP contribution in [0.3, 0.4) is 0 Å². The SMILES string of the molecule is Cl.Fc1cc2cc(N3CCNCC3)ccc2o1. The van der Waals surface area contributed by atoms with E-state index in [1.807, 2.05) is 18.2 Å². The van der Waals surface area contributed by atoms with Gasteiger partial charge in [0.25, 0.3) is 6.01 Å². The van der Waals surface area contributed by atoms with Crippen LogP contribution in [0.4, 0.5) is 10.1 Å². The molecule has 0 atom stereocenters. The summed E-state index contributed by atoms with van der Waals surface area (Å²) in [5.41, 5.74) is 1.74. The van der Waals surface area contributed by atoms with E-state index in [2.05, 4.69) is 10.2 Å². The van der Waals surface area contributed by atoms with Crippen LogP contribution in [0.25, 0.3) is 11.0 Å². The molecule has 1 fully saturated rings. The number of fused-ring (bicyclic) bond motifs is 1. The van der Waals surface area contributed by atoms with Gasteiger partial charge in [0.05, 0.1) is 0 Å². The Bertz CT molecular complexity index is 508. The highest BCUT2D eigenvalue weighted by Gasteiger charge is 2.11. The van der Waals surface area contributed by atoms with Crippen LogP contribution in [0.1, 0.15) is 0 Å². The highest BCUT2D eigenvalue weighted by Crippen LogP contribution is 2.24. The summed E-state index contributed by atoms with van der Waals surface area (Å²) in [4.78, 5) is 2.29. The summed E-state index contributed by atoms with van der Waals surface area (Å²) in [6.07, 6.45) is 0. The Kier molecular flexibility index (Phi) is 3.54. The van der Waals surface area contributed by atoms with E-state index in [0.717, 1.165) is 37.3 Å². The topological polar surface area (TPSA) is 28.4 Å². The van der Waals surface area contributed by atoms with Gasteiger partial charge in [-0.1, -0.05) is 0 Å². The predicted octanol–water partition coefficient (Wildman–Crippen LogP) is 2.40. The van der Waals surface area contributed by atoms with E-state index in [-0.39, 0.29) is 12.4 Å². The zero-order chi connectivity index (χ0) is 11.0. The van der Waals surface area contributed by atoms with Crippen molar-refractivity contribution in [3.63, 3.8) is 0 Å². The molecule has 2 aromatic rings. The lowest BCUT2D eigenvalue weighted by Crippen LogP contribution is -2.43. The van der Waals surface area contributed by atoms with Crippen LogP contribution < -0.4 is 10.2 Å². The number of hydrogen-bond donors (Lipinski definition) is 1. The van der Waals surface area contributed by atoms with Gasteiger partial charge in [-0.25, -0.2) is 0 Å². The predicted molar refractivity (Wildman–Crippen MR) is 68.5 cm³/mol. The second-order valence-electron chi connectivity index (χ2n) is 4.01.